The molecule has 1 saturated carbocycles. The topological polar surface area (TPSA) is 73.4 Å². The molecule has 1 aliphatic carbocycles. The Morgan fingerprint density at radius 2 is 2.09 bits per heavy atom. The van der Waals surface area contributed by atoms with Crippen LogP contribution in [0.15, 0.2) is 24.3 Å². The van der Waals surface area contributed by atoms with Gasteiger partial charge < -0.3 is 15.0 Å². The molecule has 1 saturated heterocycles. The van der Waals surface area contributed by atoms with Crippen LogP contribution in [-0.4, -0.2) is 39.5 Å². The number of halogens is 1. The summed E-state index contributed by atoms with van der Waals surface area (Å²) in [6, 6.07) is 5.10. The van der Waals surface area contributed by atoms with Crippen LogP contribution in [-0.2, 0) is 4.79 Å². The Balaban J connectivity index is 1.68. The van der Waals surface area contributed by atoms with Gasteiger partial charge in [0, 0.05) is 17.4 Å². The molecule has 1 amide bonds. The summed E-state index contributed by atoms with van der Waals surface area (Å²) in [5.41, 5.74) is 0.984. The summed E-state index contributed by atoms with van der Waals surface area (Å²) in [5, 5.41) is 10.2. The van der Waals surface area contributed by atoms with Gasteiger partial charge in [0.25, 0.3) is 5.91 Å². The van der Waals surface area contributed by atoms with Gasteiger partial charge in [-0.2, -0.15) is 0 Å². The lowest BCUT2D eigenvalue weighted by Crippen LogP contribution is -2.43. The van der Waals surface area contributed by atoms with Gasteiger partial charge in [0.1, 0.15) is 17.6 Å². The Hall–Kier alpha value is -2.37. The van der Waals surface area contributed by atoms with Crippen LogP contribution in [0.5, 0.6) is 0 Å². The molecule has 2 N–H and O–H groups in total. The Kier molecular flexibility index (Phi) is 3.14. The maximum absolute atomic E-state index is 13.3. The van der Waals surface area contributed by atoms with E-state index in [1.54, 1.807) is 12.1 Å². The van der Waals surface area contributed by atoms with E-state index < -0.39 is 12.0 Å². The summed E-state index contributed by atoms with van der Waals surface area (Å²) >= 11 is 0. The van der Waals surface area contributed by atoms with E-state index in [0.717, 1.165) is 19.3 Å². The minimum atomic E-state index is -0.935. The number of carboxylic acid groups (broad SMARTS) is 1. The molecule has 2 aromatic rings. The second-order valence-corrected chi connectivity index (χ2v) is 6.51. The molecule has 2 fully saturated rings. The SMILES string of the molecule is O=C(O)C1C2CCCC2CN1C(=O)c1cc2cc(F)ccc2[nH]1. The number of H-pyrrole nitrogens is 1. The van der Waals surface area contributed by atoms with Crippen molar-refractivity contribution < 1.29 is 19.1 Å². The molecule has 1 aliphatic heterocycles. The number of aromatic amines is 1. The first-order valence-corrected chi connectivity index (χ1v) is 7.86. The number of carbonyl (C=O) groups is 2. The zero-order valence-electron chi connectivity index (χ0n) is 12.5. The van der Waals surface area contributed by atoms with Crippen molar-refractivity contribution in [3.8, 4) is 0 Å². The third-order valence-electron chi connectivity index (χ3n) is 5.22. The summed E-state index contributed by atoms with van der Waals surface area (Å²) in [7, 11) is 0. The van der Waals surface area contributed by atoms with Crippen LogP contribution in [0.2, 0.25) is 0 Å². The number of aromatic nitrogens is 1. The van der Waals surface area contributed by atoms with Gasteiger partial charge in [0.05, 0.1) is 0 Å². The Morgan fingerprint density at radius 3 is 2.87 bits per heavy atom. The van der Waals surface area contributed by atoms with Crippen molar-refractivity contribution in [3.05, 3.63) is 35.8 Å². The molecule has 1 aromatic carbocycles. The monoisotopic (exact) mass is 316 g/mol. The van der Waals surface area contributed by atoms with Crippen LogP contribution < -0.4 is 0 Å². The van der Waals surface area contributed by atoms with Gasteiger partial charge in [0.15, 0.2) is 0 Å². The second-order valence-electron chi connectivity index (χ2n) is 6.51. The number of aliphatic carboxylic acids is 1. The van der Waals surface area contributed by atoms with Gasteiger partial charge in [-0.05, 0) is 48.9 Å². The van der Waals surface area contributed by atoms with E-state index in [4.69, 9.17) is 0 Å². The number of carboxylic acids is 1. The second kappa shape index (κ2) is 5.08. The van der Waals surface area contributed by atoms with Gasteiger partial charge in [0.2, 0.25) is 0 Å². The van der Waals surface area contributed by atoms with Crippen LogP contribution in [0.4, 0.5) is 4.39 Å². The Bertz CT molecular complexity index is 800. The average molecular weight is 316 g/mol. The largest absolute Gasteiger partial charge is 0.480 e. The normalized spacial score (nSPS) is 26.7. The summed E-state index contributed by atoms with van der Waals surface area (Å²) in [4.78, 5) is 28.9. The maximum Gasteiger partial charge on any atom is 0.326 e. The highest BCUT2D eigenvalue weighted by Gasteiger charge is 2.49. The quantitative estimate of drug-likeness (QED) is 0.894. The third-order valence-corrected chi connectivity index (χ3v) is 5.22. The van der Waals surface area contributed by atoms with E-state index in [0.29, 0.717) is 23.1 Å². The molecular weight excluding hydrogens is 299 g/mol. The van der Waals surface area contributed by atoms with E-state index in [1.165, 1.54) is 17.0 Å². The van der Waals surface area contributed by atoms with Crippen molar-refractivity contribution in [1.29, 1.82) is 0 Å². The van der Waals surface area contributed by atoms with Gasteiger partial charge >= 0.3 is 5.97 Å². The molecule has 2 aliphatic rings. The van der Waals surface area contributed by atoms with Gasteiger partial charge in [-0.25, -0.2) is 9.18 Å². The molecule has 6 heteroatoms. The molecule has 23 heavy (non-hydrogen) atoms. The van der Waals surface area contributed by atoms with E-state index >= 15 is 0 Å². The lowest BCUT2D eigenvalue weighted by Gasteiger charge is -2.23. The molecule has 0 bridgehead atoms. The van der Waals surface area contributed by atoms with Crippen molar-refractivity contribution in [2.75, 3.05) is 6.54 Å². The zero-order valence-corrected chi connectivity index (χ0v) is 12.5. The zero-order chi connectivity index (χ0) is 16.1. The number of rotatable bonds is 2. The summed E-state index contributed by atoms with van der Waals surface area (Å²) in [6.45, 7) is 0.490. The van der Waals surface area contributed by atoms with Crippen molar-refractivity contribution in [3.63, 3.8) is 0 Å². The lowest BCUT2D eigenvalue weighted by atomic mass is 9.94. The maximum atomic E-state index is 13.3. The van der Waals surface area contributed by atoms with Gasteiger partial charge in [-0.3, -0.25) is 4.79 Å². The number of carbonyl (C=O) groups excluding carboxylic acids is 1. The first-order chi connectivity index (χ1) is 11.0. The third kappa shape index (κ3) is 2.20. The number of nitrogens with one attached hydrogen (secondary N) is 1. The molecule has 5 nitrogen and oxygen atoms in total. The van der Waals surface area contributed by atoms with Crippen LogP contribution in [0, 0.1) is 17.7 Å². The minimum Gasteiger partial charge on any atom is -0.480 e. The number of fused-ring (bicyclic) bond motifs is 2. The van der Waals surface area contributed by atoms with Crippen LogP contribution >= 0.6 is 0 Å². The smallest absolute Gasteiger partial charge is 0.326 e. The van der Waals surface area contributed by atoms with Crippen molar-refractivity contribution in [1.82, 2.24) is 9.88 Å². The number of hydrogen-bond donors (Lipinski definition) is 2. The number of amides is 1. The van der Waals surface area contributed by atoms with E-state index in [-0.39, 0.29) is 23.6 Å². The van der Waals surface area contributed by atoms with Crippen LogP contribution in [0.3, 0.4) is 0 Å². The summed E-state index contributed by atoms with van der Waals surface area (Å²) in [5.74, 6) is -1.28. The van der Waals surface area contributed by atoms with Gasteiger partial charge in [-0.15, -0.1) is 0 Å². The van der Waals surface area contributed by atoms with E-state index in [9.17, 15) is 19.1 Å². The van der Waals surface area contributed by atoms with Crippen molar-refractivity contribution >= 4 is 22.8 Å². The molecule has 4 rings (SSSR count). The predicted molar refractivity (Wildman–Crippen MR) is 81.5 cm³/mol. The number of hydrogen-bond acceptors (Lipinski definition) is 2. The highest BCUT2D eigenvalue weighted by molar-refractivity contribution is 6.00. The first-order valence-electron chi connectivity index (χ1n) is 7.86. The lowest BCUT2D eigenvalue weighted by molar-refractivity contribution is -0.142. The number of likely N-dealkylation sites (tertiary alicyclic amines) is 1. The molecule has 3 atom stereocenters. The molecule has 2 heterocycles. The van der Waals surface area contributed by atoms with Crippen molar-refractivity contribution in [2.45, 2.75) is 25.3 Å². The average Bonchev–Trinajstić information content (AvgIpc) is 3.18. The van der Waals surface area contributed by atoms with Crippen LogP contribution in [0.1, 0.15) is 29.8 Å². The molecule has 1 aromatic heterocycles. The highest BCUT2D eigenvalue weighted by atomic mass is 19.1. The van der Waals surface area contributed by atoms with Crippen molar-refractivity contribution in [2.24, 2.45) is 11.8 Å². The fraction of sp³-hybridized carbons (Fsp3) is 0.412. The van der Waals surface area contributed by atoms with E-state index in [1.807, 2.05) is 0 Å². The fourth-order valence-corrected chi connectivity index (χ4v) is 4.20. The number of nitrogens with zero attached hydrogens (tertiary/aromatic N) is 1. The minimum absolute atomic E-state index is 0.0540. The molecule has 120 valence electrons. The summed E-state index contributed by atoms with van der Waals surface area (Å²) in [6.07, 6.45) is 2.88. The fourth-order valence-electron chi connectivity index (χ4n) is 4.20. The van der Waals surface area contributed by atoms with E-state index in [2.05, 4.69) is 4.98 Å². The number of benzene rings is 1. The predicted octanol–water partition coefficient (Wildman–Crippen LogP) is 2.63. The first kappa shape index (κ1) is 14.2. The Morgan fingerprint density at radius 1 is 1.26 bits per heavy atom. The van der Waals surface area contributed by atoms with Gasteiger partial charge in [-0.1, -0.05) is 6.42 Å². The highest BCUT2D eigenvalue weighted by Crippen LogP contribution is 2.42. The Labute approximate surface area is 132 Å². The molecule has 0 radical (unpaired) electrons. The molecule has 0 spiro atoms. The van der Waals surface area contributed by atoms with Crippen LogP contribution in [0.25, 0.3) is 10.9 Å². The standard InChI is InChI=1S/C17H17FN2O3/c18-11-4-5-13-10(6-11)7-14(19-13)16(21)20-8-9-2-1-3-12(9)15(20)17(22)23/h4-7,9,12,15,19H,1-3,8H2,(H,22,23). The molecule has 3 unspecified atom stereocenters. The molecular formula is C17H17FN2O3. The summed E-state index contributed by atoms with van der Waals surface area (Å²) < 4.78 is 13.3.